The fourth-order valence-electron chi connectivity index (χ4n) is 1.60. The molecule has 2 aromatic rings. The number of benzene rings is 1. The lowest BCUT2D eigenvalue weighted by molar-refractivity contribution is 0.293. The maximum Gasteiger partial charge on any atom is 0.219 e. The fourth-order valence-corrected chi connectivity index (χ4v) is 1.76. The molecule has 1 aromatic carbocycles. The summed E-state index contributed by atoms with van der Waals surface area (Å²) >= 11 is 5.78. The molecular weight excluding hydrogens is 250 g/mol. The van der Waals surface area contributed by atoms with Crippen LogP contribution in [0, 0.1) is 0 Å². The van der Waals surface area contributed by atoms with Crippen molar-refractivity contribution in [1.29, 1.82) is 0 Å². The second-order valence-corrected chi connectivity index (χ2v) is 4.01. The first-order valence-electron chi connectivity index (χ1n) is 5.59. The van der Waals surface area contributed by atoms with Crippen molar-refractivity contribution in [3.63, 3.8) is 0 Å². The molecule has 0 amide bonds. The normalized spacial score (nSPS) is 10.1. The summed E-state index contributed by atoms with van der Waals surface area (Å²) in [6.45, 7) is 0.419. The molecule has 0 aliphatic heterocycles. The van der Waals surface area contributed by atoms with Crippen molar-refractivity contribution < 1.29 is 9.47 Å². The van der Waals surface area contributed by atoms with Crippen LogP contribution in [0.3, 0.4) is 0 Å². The number of rotatable bonds is 5. The van der Waals surface area contributed by atoms with E-state index in [9.17, 15) is 0 Å². The Labute approximate surface area is 111 Å². The molecule has 0 saturated heterocycles. The van der Waals surface area contributed by atoms with E-state index in [0.29, 0.717) is 18.4 Å². The number of pyridine rings is 1. The van der Waals surface area contributed by atoms with Crippen molar-refractivity contribution in [1.82, 2.24) is 4.98 Å². The first-order valence-corrected chi connectivity index (χ1v) is 6.12. The standard InChI is InChI=1S/C14H14ClNO2/c1-17-14-12(5-3-7-16-14)10-18-13-6-2-4-11(8-13)9-15/h2-8H,9-10H2,1H3. The number of ether oxygens (including phenoxy) is 2. The van der Waals surface area contributed by atoms with E-state index in [1.807, 2.05) is 36.4 Å². The summed E-state index contributed by atoms with van der Waals surface area (Å²) in [6, 6.07) is 11.5. The van der Waals surface area contributed by atoms with Gasteiger partial charge >= 0.3 is 0 Å². The van der Waals surface area contributed by atoms with Gasteiger partial charge in [-0.2, -0.15) is 0 Å². The predicted octanol–water partition coefficient (Wildman–Crippen LogP) is 3.41. The molecule has 3 nitrogen and oxygen atoms in total. The van der Waals surface area contributed by atoms with Crippen molar-refractivity contribution in [2.75, 3.05) is 7.11 Å². The van der Waals surface area contributed by atoms with Gasteiger partial charge in [0, 0.05) is 12.1 Å². The second kappa shape index (κ2) is 6.26. The number of aromatic nitrogens is 1. The topological polar surface area (TPSA) is 31.4 Å². The zero-order chi connectivity index (χ0) is 12.8. The zero-order valence-electron chi connectivity index (χ0n) is 10.1. The molecular formula is C14H14ClNO2. The number of hydrogen-bond acceptors (Lipinski definition) is 3. The number of methoxy groups -OCH3 is 1. The van der Waals surface area contributed by atoms with E-state index in [1.54, 1.807) is 13.3 Å². The van der Waals surface area contributed by atoms with Gasteiger partial charge in [0.15, 0.2) is 0 Å². The van der Waals surface area contributed by atoms with Gasteiger partial charge in [0.1, 0.15) is 12.4 Å². The maximum absolute atomic E-state index is 5.78. The number of hydrogen-bond donors (Lipinski definition) is 0. The Kier molecular flexibility index (Phi) is 4.42. The van der Waals surface area contributed by atoms with Crippen molar-refractivity contribution in [3.05, 3.63) is 53.7 Å². The molecule has 1 aromatic heterocycles. The molecule has 0 atom stereocenters. The first kappa shape index (κ1) is 12.7. The van der Waals surface area contributed by atoms with Crippen molar-refractivity contribution in [2.24, 2.45) is 0 Å². The van der Waals surface area contributed by atoms with Crippen molar-refractivity contribution in [3.8, 4) is 11.6 Å². The molecule has 94 valence electrons. The Morgan fingerprint density at radius 2 is 2.11 bits per heavy atom. The Morgan fingerprint density at radius 1 is 1.22 bits per heavy atom. The third-order valence-corrected chi connectivity index (χ3v) is 2.80. The molecule has 0 fully saturated rings. The third-order valence-electron chi connectivity index (χ3n) is 2.49. The molecule has 4 heteroatoms. The van der Waals surface area contributed by atoms with E-state index in [-0.39, 0.29) is 0 Å². The van der Waals surface area contributed by atoms with Crippen LogP contribution in [-0.4, -0.2) is 12.1 Å². The van der Waals surface area contributed by atoms with Crippen LogP contribution in [0.15, 0.2) is 42.6 Å². The molecule has 0 saturated carbocycles. The van der Waals surface area contributed by atoms with Crippen molar-refractivity contribution >= 4 is 11.6 Å². The highest BCUT2D eigenvalue weighted by atomic mass is 35.5. The average Bonchev–Trinajstić information content (AvgIpc) is 2.45. The van der Waals surface area contributed by atoms with Gasteiger partial charge < -0.3 is 9.47 Å². The largest absolute Gasteiger partial charge is 0.489 e. The summed E-state index contributed by atoms with van der Waals surface area (Å²) in [5, 5.41) is 0. The molecule has 0 spiro atoms. The molecule has 0 N–H and O–H groups in total. The highest BCUT2D eigenvalue weighted by Crippen LogP contribution is 2.19. The summed E-state index contributed by atoms with van der Waals surface area (Å²) in [7, 11) is 1.60. The lowest BCUT2D eigenvalue weighted by atomic mass is 10.2. The fraction of sp³-hybridized carbons (Fsp3) is 0.214. The van der Waals surface area contributed by atoms with Gasteiger partial charge in [-0.15, -0.1) is 11.6 Å². The number of nitrogens with zero attached hydrogens (tertiary/aromatic N) is 1. The highest BCUT2D eigenvalue weighted by molar-refractivity contribution is 6.17. The van der Waals surface area contributed by atoms with Crippen LogP contribution in [0.25, 0.3) is 0 Å². The highest BCUT2D eigenvalue weighted by Gasteiger charge is 2.04. The van der Waals surface area contributed by atoms with Gasteiger partial charge in [0.2, 0.25) is 5.88 Å². The SMILES string of the molecule is COc1ncccc1COc1cccc(CCl)c1. The number of alkyl halides is 1. The van der Waals surface area contributed by atoms with E-state index < -0.39 is 0 Å². The van der Waals surface area contributed by atoms with Crippen LogP contribution in [-0.2, 0) is 12.5 Å². The van der Waals surface area contributed by atoms with Crippen LogP contribution < -0.4 is 9.47 Å². The smallest absolute Gasteiger partial charge is 0.219 e. The summed E-state index contributed by atoms with van der Waals surface area (Å²) < 4.78 is 10.9. The Morgan fingerprint density at radius 3 is 2.89 bits per heavy atom. The molecule has 0 radical (unpaired) electrons. The van der Waals surface area contributed by atoms with Crippen LogP contribution in [0.5, 0.6) is 11.6 Å². The Bertz CT molecular complexity index is 517. The van der Waals surface area contributed by atoms with E-state index in [4.69, 9.17) is 21.1 Å². The van der Waals surface area contributed by atoms with Crippen LogP contribution >= 0.6 is 11.6 Å². The van der Waals surface area contributed by atoms with Gasteiger partial charge in [-0.25, -0.2) is 4.98 Å². The van der Waals surface area contributed by atoms with Crippen LogP contribution in [0.1, 0.15) is 11.1 Å². The van der Waals surface area contributed by atoms with Crippen LogP contribution in [0.4, 0.5) is 0 Å². The minimum absolute atomic E-state index is 0.419. The van der Waals surface area contributed by atoms with E-state index in [1.165, 1.54) is 0 Å². The first-order chi connectivity index (χ1) is 8.83. The minimum Gasteiger partial charge on any atom is -0.489 e. The average molecular weight is 264 g/mol. The van der Waals surface area contributed by atoms with Gasteiger partial charge in [-0.1, -0.05) is 12.1 Å². The van der Waals surface area contributed by atoms with E-state index in [0.717, 1.165) is 16.9 Å². The molecule has 2 rings (SSSR count). The zero-order valence-corrected chi connectivity index (χ0v) is 10.9. The molecule has 0 aliphatic rings. The summed E-state index contributed by atoms with van der Waals surface area (Å²) in [6.07, 6.45) is 1.69. The molecule has 0 bridgehead atoms. The monoisotopic (exact) mass is 263 g/mol. The Hall–Kier alpha value is -1.74. The van der Waals surface area contributed by atoms with Gasteiger partial charge in [-0.3, -0.25) is 0 Å². The van der Waals surface area contributed by atoms with Gasteiger partial charge in [-0.05, 0) is 29.8 Å². The Balaban J connectivity index is 2.06. The van der Waals surface area contributed by atoms with E-state index in [2.05, 4.69) is 4.98 Å². The second-order valence-electron chi connectivity index (χ2n) is 3.74. The molecule has 1 heterocycles. The summed E-state index contributed by atoms with van der Waals surface area (Å²) in [5.41, 5.74) is 1.95. The molecule has 0 unspecified atom stereocenters. The predicted molar refractivity (Wildman–Crippen MR) is 71.1 cm³/mol. The van der Waals surface area contributed by atoms with Gasteiger partial charge in [0.25, 0.3) is 0 Å². The summed E-state index contributed by atoms with van der Waals surface area (Å²) in [4.78, 5) is 4.12. The van der Waals surface area contributed by atoms with E-state index >= 15 is 0 Å². The minimum atomic E-state index is 0.419. The van der Waals surface area contributed by atoms with Crippen LogP contribution in [0.2, 0.25) is 0 Å². The maximum atomic E-state index is 5.78. The number of halogens is 1. The summed E-state index contributed by atoms with van der Waals surface area (Å²) in [5.74, 6) is 1.86. The molecule has 18 heavy (non-hydrogen) atoms. The molecule has 0 aliphatic carbocycles. The van der Waals surface area contributed by atoms with Crippen molar-refractivity contribution in [2.45, 2.75) is 12.5 Å². The quantitative estimate of drug-likeness (QED) is 0.775. The lowest BCUT2D eigenvalue weighted by Crippen LogP contribution is -2.00. The third kappa shape index (κ3) is 3.14. The van der Waals surface area contributed by atoms with Gasteiger partial charge in [0.05, 0.1) is 12.7 Å². The lowest BCUT2D eigenvalue weighted by Gasteiger charge is -2.09.